The van der Waals surface area contributed by atoms with Gasteiger partial charge >= 0.3 is 5.97 Å². The van der Waals surface area contributed by atoms with E-state index in [1.54, 1.807) is 12.1 Å². The van der Waals surface area contributed by atoms with Crippen LogP contribution in [0.1, 0.15) is 20.2 Å². The number of carboxylic acids is 1. The number of carboxylic acid groups (broad SMARTS) is 1. The van der Waals surface area contributed by atoms with Gasteiger partial charge in [0, 0.05) is 6.54 Å². The molecule has 2 aromatic heterocycles. The Balaban J connectivity index is 1.83. The molecule has 0 fully saturated rings. The Kier molecular flexibility index (Phi) is 4.27. The van der Waals surface area contributed by atoms with E-state index >= 15 is 0 Å². The Hall–Kier alpha value is -1.74. The Morgan fingerprint density at radius 3 is 2.84 bits per heavy atom. The van der Waals surface area contributed by atoms with Gasteiger partial charge in [-0.15, -0.1) is 16.4 Å². The lowest BCUT2D eigenvalue weighted by atomic mass is 10.4. The van der Waals surface area contributed by atoms with Crippen LogP contribution in [-0.4, -0.2) is 38.5 Å². The molecule has 100 valence electrons. The van der Waals surface area contributed by atoms with Crippen molar-refractivity contribution in [3.63, 3.8) is 0 Å². The lowest BCUT2D eigenvalue weighted by Crippen LogP contribution is -2.26. The lowest BCUT2D eigenvalue weighted by molar-refractivity contribution is 0.0690. The van der Waals surface area contributed by atoms with Crippen molar-refractivity contribution >= 4 is 39.1 Å². The highest BCUT2D eigenvalue weighted by Gasteiger charge is 2.09. The quantitative estimate of drug-likeness (QED) is 0.850. The number of hydrogen-bond acceptors (Lipinski definition) is 5. The second-order valence-corrected chi connectivity index (χ2v) is 5.99. The molecule has 0 radical (unpaired) electrons. The fraction of sp³-hybridized carbons (Fsp3) is 0.200. The summed E-state index contributed by atoms with van der Waals surface area (Å²) in [5.41, 5.74) is -0.117. The van der Waals surface area contributed by atoms with E-state index in [9.17, 15) is 9.59 Å². The summed E-state index contributed by atoms with van der Waals surface area (Å²) >= 11 is 4.62. The smallest absolute Gasteiger partial charge is 0.358 e. The third-order valence-electron chi connectivity index (χ3n) is 2.18. The number of thiophene rings is 1. The van der Waals surface area contributed by atoms with Gasteiger partial charge in [-0.3, -0.25) is 4.79 Å². The lowest BCUT2D eigenvalue weighted by Gasteiger charge is -2.02. The average Bonchev–Trinajstić information content (AvgIpc) is 2.98. The van der Waals surface area contributed by atoms with E-state index in [-0.39, 0.29) is 11.6 Å². The highest BCUT2D eigenvalue weighted by Crippen LogP contribution is 2.21. The fourth-order valence-electron chi connectivity index (χ4n) is 1.31. The van der Waals surface area contributed by atoms with E-state index < -0.39 is 5.97 Å². The molecule has 0 aliphatic carbocycles. The number of nitrogens with zero attached hydrogens (tertiary/aromatic N) is 3. The molecule has 0 aliphatic rings. The minimum absolute atomic E-state index is 0.117. The minimum Gasteiger partial charge on any atom is -0.476 e. The number of amides is 1. The molecular weight excluding hydrogens is 336 g/mol. The van der Waals surface area contributed by atoms with Crippen LogP contribution < -0.4 is 5.32 Å². The first-order valence-corrected chi connectivity index (χ1v) is 6.84. The van der Waals surface area contributed by atoms with Crippen molar-refractivity contribution in [2.24, 2.45) is 0 Å². The van der Waals surface area contributed by atoms with Crippen LogP contribution in [0.4, 0.5) is 0 Å². The van der Waals surface area contributed by atoms with Gasteiger partial charge < -0.3 is 10.4 Å². The zero-order chi connectivity index (χ0) is 13.8. The Morgan fingerprint density at radius 2 is 2.26 bits per heavy atom. The van der Waals surface area contributed by atoms with Crippen LogP contribution in [-0.2, 0) is 6.54 Å². The molecule has 1 amide bonds. The highest BCUT2D eigenvalue weighted by molar-refractivity contribution is 9.11. The number of carbonyl (C=O) groups excluding carboxylic acids is 1. The maximum atomic E-state index is 11.7. The summed E-state index contributed by atoms with van der Waals surface area (Å²) < 4.78 is 2.26. The Labute approximate surface area is 120 Å². The van der Waals surface area contributed by atoms with E-state index in [2.05, 4.69) is 31.6 Å². The first kappa shape index (κ1) is 13.7. The third-order valence-corrected chi connectivity index (χ3v) is 3.80. The molecule has 2 N–H and O–H groups in total. The van der Waals surface area contributed by atoms with Gasteiger partial charge in [0.25, 0.3) is 5.91 Å². The Morgan fingerprint density at radius 1 is 1.47 bits per heavy atom. The van der Waals surface area contributed by atoms with Crippen molar-refractivity contribution < 1.29 is 14.7 Å². The number of aromatic carboxylic acids is 1. The highest BCUT2D eigenvalue weighted by atomic mass is 79.9. The average molecular weight is 345 g/mol. The predicted molar refractivity (Wildman–Crippen MR) is 71.3 cm³/mol. The standard InChI is InChI=1S/C10H9BrN4O3S/c11-8-2-1-7(19-8)9(16)12-3-4-15-5-6(10(17)18)13-14-15/h1-2,5H,3-4H2,(H,12,16)(H,17,18). The molecule has 0 aliphatic heterocycles. The SMILES string of the molecule is O=C(O)c1cn(CCNC(=O)c2ccc(Br)s2)nn1. The van der Waals surface area contributed by atoms with Crippen LogP contribution in [0.15, 0.2) is 22.1 Å². The number of nitrogens with one attached hydrogen (secondary N) is 1. The maximum absolute atomic E-state index is 11.7. The number of aromatic nitrogens is 3. The number of carbonyl (C=O) groups is 2. The van der Waals surface area contributed by atoms with Gasteiger partial charge in [0.15, 0.2) is 5.69 Å². The van der Waals surface area contributed by atoms with Gasteiger partial charge in [0.1, 0.15) is 0 Å². The van der Waals surface area contributed by atoms with Gasteiger partial charge in [-0.1, -0.05) is 5.21 Å². The van der Waals surface area contributed by atoms with E-state index in [1.807, 2.05) is 0 Å². The van der Waals surface area contributed by atoms with Gasteiger partial charge in [0.05, 0.1) is 21.4 Å². The normalized spacial score (nSPS) is 10.4. The molecule has 0 saturated heterocycles. The second kappa shape index (κ2) is 5.93. The first-order chi connectivity index (χ1) is 9.06. The molecule has 2 aromatic rings. The molecule has 0 spiro atoms. The van der Waals surface area contributed by atoms with Crippen molar-refractivity contribution in [3.8, 4) is 0 Å². The molecule has 2 rings (SSSR count). The molecule has 0 saturated carbocycles. The van der Waals surface area contributed by atoms with Crippen LogP contribution in [0.2, 0.25) is 0 Å². The summed E-state index contributed by atoms with van der Waals surface area (Å²) in [4.78, 5) is 22.9. The van der Waals surface area contributed by atoms with E-state index in [0.717, 1.165) is 3.79 Å². The number of halogens is 1. The zero-order valence-electron chi connectivity index (χ0n) is 9.54. The van der Waals surface area contributed by atoms with E-state index in [4.69, 9.17) is 5.11 Å². The van der Waals surface area contributed by atoms with Crippen molar-refractivity contribution in [2.75, 3.05) is 6.54 Å². The molecule has 19 heavy (non-hydrogen) atoms. The molecular formula is C10H9BrN4O3S. The molecule has 0 aromatic carbocycles. The van der Waals surface area contributed by atoms with Crippen LogP contribution in [0.3, 0.4) is 0 Å². The van der Waals surface area contributed by atoms with Gasteiger partial charge in [-0.2, -0.15) is 0 Å². The first-order valence-electron chi connectivity index (χ1n) is 5.23. The van der Waals surface area contributed by atoms with Crippen LogP contribution in [0, 0.1) is 0 Å². The summed E-state index contributed by atoms with van der Waals surface area (Å²) in [6.45, 7) is 0.704. The monoisotopic (exact) mass is 344 g/mol. The summed E-state index contributed by atoms with van der Waals surface area (Å²) in [6.07, 6.45) is 1.32. The van der Waals surface area contributed by atoms with Gasteiger partial charge in [-0.05, 0) is 28.1 Å². The second-order valence-electron chi connectivity index (χ2n) is 3.53. The minimum atomic E-state index is -1.13. The molecule has 0 atom stereocenters. The van der Waals surface area contributed by atoms with Crippen LogP contribution in [0.5, 0.6) is 0 Å². The van der Waals surface area contributed by atoms with Crippen molar-refractivity contribution in [1.82, 2.24) is 20.3 Å². The maximum Gasteiger partial charge on any atom is 0.358 e. The summed E-state index contributed by atoms with van der Waals surface area (Å²) in [5.74, 6) is -1.30. The van der Waals surface area contributed by atoms with E-state index in [1.165, 1.54) is 22.2 Å². The zero-order valence-corrected chi connectivity index (χ0v) is 11.9. The largest absolute Gasteiger partial charge is 0.476 e. The Bertz CT molecular complexity index is 609. The molecule has 2 heterocycles. The van der Waals surface area contributed by atoms with Crippen molar-refractivity contribution in [1.29, 1.82) is 0 Å². The predicted octanol–water partition coefficient (Wildman–Crippen LogP) is 1.23. The van der Waals surface area contributed by atoms with E-state index in [0.29, 0.717) is 18.0 Å². The summed E-state index contributed by atoms with van der Waals surface area (Å²) in [5, 5.41) is 18.5. The van der Waals surface area contributed by atoms with Crippen LogP contribution in [0.25, 0.3) is 0 Å². The van der Waals surface area contributed by atoms with Gasteiger partial charge in [0.2, 0.25) is 0 Å². The summed E-state index contributed by atoms with van der Waals surface area (Å²) in [7, 11) is 0. The number of rotatable bonds is 5. The topological polar surface area (TPSA) is 97.1 Å². The third kappa shape index (κ3) is 3.61. The van der Waals surface area contributed by atoms with Crippen LogP contribution >= 0.6 is 27.3 Å². The summed E-state index contributed by atoms with van der Waals surface area (Å²) in [6, 6.07) is 3.53. The number of hydrogen-bond donors (Lipinski definition) is 2. The molecule has 0 unspecified atom stereocenters. The fourth-order valence-corrected chi connectivity index (χ4v) is 2.62. The molecule has 7 nitrogen and oxygen atoms in total. The molecule has 9 heteroatoms. The van der Waals surface area contributed by atoms with Crippen molar-refractivity contribution in [3.05, 3.63) is 32.7 Å². The van der Waals surface area contributed by atoms with Gasteiger partial charge in [-0.25, -0.2) is 9.48 Å². The van der Waals surface area contributed by atoms with Crippen molar-refractivity contribution in [2.45, 2.75) is 6.54 Å². The molecule has 0 bridgehead atoms.